The average molecular weight is 403 g/mol. The lowest BCUT2D eigenvalue weighted by Gasteiger charge is -2.36. The number of fused-ring (bicyclic) bond motifs is 3. The molecule has 3 aliphatic rings. The molecular weight excluding hydrogens is 376 g/mol. The summed E-state index contributed by atoms with van der Waals surface area (Å²) in [7, 11) is 1.88. The van der Waals surface area contributed by atoms with Crippen LogP contribution in [0.5, 0.6) is 5.75 Å². The van der Waals surface area contributed by atoms with E-state index in [0.717, 1.165) is 41.2 Å². The van der Waals surface area contributed by atoms with Crippen molar-refractivity contribution in [3.05, 3.63) is 42.2 Å². The second kappa shape index (κ2) is 6.80. The fourth-order valence-corrected chi connectivity index (χ4v) is 5.46. The third-order valence-electron chi connectivity index (χ3n) is 6.95. The van der Waals surface area contributed by atoms with Crippen LogP contribution in [-0.4, -0.2) is 49.8 Å². The van der Waals surface area contributed by atoms with Crippen LogP contribution in [-0.2, 0) is 13.5 Å². The monoisotopic (exact) mass is 402 g/mol. The van der Waals surface area contributed by atoms with Gasteiger partial charge in [-0.1, -0.05) is 6.07 Å². The topological polar surface area (TPSA) is 79.1 Å². The van der Waals surface area contributed by atoms with Gasteiger partial charge in [-0.2, -0.15) is 5.10 Å². The van der Waals surface area contributed by atoms with Gasteiger partial charge >= 0.3 is 0 Å². The van der Waals surface area contributed by atoms with Crippen LogP contribution in [0.3, 0.4) is 0 Å². The van der Waals surface area contributed by atoms with E-state index >= 15 is 0 Å². The van der Waals surface area contributed by atoms with Crippen molar-refractivity contribution < 1.29 is 5.11 Å². The molecule has 0 aliphatic carbocycles. The minimum atomic E-state index is 0.218. The molecule has 6 rings (SSSR count). The van der Waals surface area contributed by atoms with Gasteiger partial charge in [0.1, 0.15) is 5.75 Å². The van der Waals surface area contributed by atoms with Crippen molar-refractivity contribution in [1.82, 2.24) is 25.3 Å². The van der Waals surface area contributed by atoms with E-state index in [9.17, 15) is 5.11 Å². The van der Waals surface area contributed by atoms with E-state index in [0.29, 0.717) is 18.1 Å². The summed E-state index contributed by atoms with van der Waals surface area (Å²) in [6.07, 6.45) is 9.75. The molecule has 0 radical (unpaired) electrons. The Morgan fingerprint density at radius 3 is 2.63 bits per heavy atom. The van der Waals surface area contributed by atoms with Crippen LogP contribution in [0.2, 0.25) is 0 Å². The molecule has 154 valence electrons. The second-order valence-electron chi connectivity index (χ2n) is 8.92. The zero-order valence-corrected chi connectivity index (χ0v) is 17.1. The van der Waals surface area contributed by atoms with E-state index in [1.807, 2.05) is 25.4 Å². The molecule has 0 spiro atoms. The van der Waals surface area contributed by atoms with Crippen LogP contribution in [0.15, 0.2) is 36.7 Å². The van der Waals surface area contributed by atoms with Crippen molar-refractivity contribution in [2.24, 2.45) is 7.05 Å². The predicted molar refractivity (Wildman–Crippen MR) is 115 cm³/mol. The van der Waals surface area contributed by atoms with E-state index < -0.39 is 0 Å². The van der Waals surface area contributed by atoms with Gasteiger partial charge < -0.3 is 15.3 Å². The number of anilines is 1. The van der Waals surface area contributed by atoms with Gasteiger partial charge in [-0.05, 0) is 55.9 Å². The van der Waals surface area contributed by atoms with E-state index in [1.54, 1.807) is 16.9 Å². The first-order valence-electron chi connectivity index (χ1n) is 10.9. The van der Waals surface area contributed by atoms with Crippen molar-refractivity contribution in [3.8, 4) is 28.1 Å². The maximum atomic E-state index is 10.7. The van der Waals surface area contributed by atoms with E-state index in [4.69, 9.17) is 0 Å². The summed E-state index contributed by atoms with van der Waals surface area (Å²) < 4.78 is 1.76. The number of aromatic nitrogens is 4. The van der Waals surface area contributed by atoms with Crippen molar-refractivity contribution >= 4 is 5.82 Å². The number of aromatic hydroxyl groups is 1. The molecular formula is C23H26N6O. The Balaban J connectivity index is 1.27. The average Bonchev–Trinajstić information content (AvgIpc) is 3.45. The van der Waals surface area contributed by atoms with Gasteiger partial charge in [0.2, 0.25) is 0 Å². The van der Waals surface area contributed by atoms with Gasteiger partial charge in [0.05, 0.1) is 11.9 Å². The third kappa shape index (κ3) is 2.96. The Bertz CT molecular complexity index is 1100. The van der Waals surface area contributed by atoms with Crippen LogP contribution < -0.4 is 10.2 Å². The Kier molecular flexibility index (Phi) is 4.06. The molecule has 3 aliphatic heterocycles. The van der Waals surface area contributed by atoms with Crippen molar-refractivity contribution in [3.63, 3.8) is 0 Å². The van der Waals surface area contributed by atoms with Crippen LogP contribution in [0.25, 0.3) is 22.4 Å². The summed E-state index contributed by atoms with van der Waals surface area (Å²) in [5.74, 6) is 1.26. The Hall–Kier alpha value is -2.93. The standard InChI is InChI=1S/C23H26N6O/c1-28-13-16(12-24-28)14-2-5-20(22(30)9-14)21-8-15-6-7-29(23(15)27-26-21)19-10-17-3-4-18(11-19)25-17/h2,5,8-9,12-13,17-19,25,30H,3-4,6-7,10-11H2,1H3/t17-,18?,19-/m1/s1. The SMILES string of the molecule is Cn1cc(-c2ccc(-c3cc4c(nn3)N([C@H]3CC5CC[C@H](C3)N5)CC4)c(O)c2)cn1. The number of rotatable bonds is 3. The lowest BCUT2D eigenvalue weighted by molar-refractivity contribution is 0.349. The highest BCUT2D eigenvalue weighted by Crippen LogP contribution is 2.38. The third-order valence-corrected chi connectivity index (χ3v) is 6.95. The summed E-state index contributed by atoms with van der Waals surface area (Å²) in [4.78, 5) is 2.48. The lowest BCUT2D eigenvalue weighted by Crippen LogP contribution is -2.48. The molecule has 2 fully saturated rings. The quantitative estimate of drug-likeness (QED) is 0.701. The van der Waals surface area contributed by atoms with Crippen LogP contribution in [0.1, 0.15) is 31.2 Å². The molecule has 2 N–H and O–H groups in total. The van der Waals surface area contributed by atoms with Crippen LogP contribution >= 0.6 is 0 Å². The molecule has 2 aromatic heterocycles. The summed E-state index contributed by atoms with van der Waals surface area (Å²) in [5, 5.41) is 27.7. The van der Waals surface area contributed by atoms with Crippen molar-refractivity contribution in [1.29, 1.82) is 0 Å². The number of nitrogens with one attached hydrogen (secondary N) is 1. The predicted octanol–water partition coefficient (Wildman–Crippen LogP) is 2.90. The van der Waals surface area contributed by atoms with Crippen LogP contribution in [0.4, 0.5) is 5.82 Å². The Labute approximate surface area is 175 Å². The van der Waals surface area contributed by atoms with Gasteiger partial charge in [-0.15, -0.1) is 10.2 Å². The fourth-order valence-electron chi connectivity index (χ4n) is 5.46. The van der Waals surface area contributed by atoms with Gasteiger partial charge in [0, 0.05) is 54.6 Å². The van der Waals surface area contributed by atoms with Crippen LogP contribution in [0, 0.1) is 0 Å². The molecule has 5 heterocycles. The first-order chi connectivity index (χ1) is 14.6. The Morgan fingerprint density at radius 1 is 1.07 bits per heavy atom. The molecule has 3 atom stereocenters. The van der Waals surface area contributed by atoms with E-state index in [1.165, 1.54) is 31.2 Å². The second-order valence-corrected chi connectivity index (χ2v) is 8.92. The zero-order chi connectivity index (χ0) is 20.2. The molecule has 7 heteroatoms. The lowest BCUT2D eigenvalue weighted by atomic mass is 9.98. The number of phenols is 1. The molecule has 1 unspecified atom stereocenters. The largest absolute Gasteiger partial charge is 0.507 e. The molecule has 0 amide bonds. The fraction of sp³-hybridized carbons (Fsp3) is 0.435. The van der Waals surface area contributed by atoms with Gasteiger partial charge in [-0.3, -0.25) is 4.68 Å². The molecule has 7 nitrogen and oxygen atoms in total. The molecule has 30 heavy (non-hydrogen) atoms. The Morgan fingerprint density at radius 2 is 1.90 bits per heavy atom. The summed E-state index contributed by atoms with van der Waals surface area (Å²) in [6.45, 7) is 1.02. The molecule has 2 saturated heterocycles. The molecule has 1 aromatic carbocycles. The zero-order valence-electron chi connectivity index (χ0n) is 17.1. The number of hydrogen-bond donors (Lipinski definition) is 2. The maximum Gasteiger partial charge on any atom is 0.154 e. The van der Waals surface area contributed by atoms with Crippen molar-refractivity contribution in [2.75, 3.05) is 11.4 Å². The molecule has 2 bridgehead atoms. The van der Waals surface area contributed by atoms with Gasteiger partial charge in [-0.25, -0.2) is 0 Å². The summed E-state index contributed by atoms with van der Waals surface area (Å²) in [6, 6.07) is 9.70. The van der Waals surface area contributed by atoms with Crippen molar-refractivity contribution in [2.45, 2.75) is 50.2 Å². The molecule has 3 aromatic rings. The number of aryl methyl sites for hydroxylation is 1. The number of phenolic OH excluding ortho intramolecular Hbond substituents is 1. The molecule has 0 saturated carbocycles. The maximum absolute atomic E-state index is 10.7. The number of hydrogen-bond acceptors (Lipinski definition) is 6. The minimum absolute atomic E-state index is 0.218. The smallest absolute Gasteiger partial charge is 0.154 e. The highest BCUT2D eigenvalue weighted by atomic mass is 16.3. The minimum Gasteiger partial charge on any atom is -0.507 e. The normalized spacial score (nSPS) is 25.0. The first kappa shape index (κ1) is 17.9. The number of benzene rings is 1. The van der Waals surface area contributed by atoms with E-state index in [-0.39, 0.29) is 5.75 Å². The van der Waals surface area contributed by atoms with Gasteiger partial charge in [0.25, 0.3) is 0 Å². The number of nitrogens with zero attached hydrogens (tertiary/aromatic N) is 5. The highest BCUT2D eigenvalue weighted by molar-refractivity contribution is 5.74. The first-order valence-corrected chi connectivity index (χ1v) is 10.9. The summed E-state index contributed by atoms with van der Waals surface area (Å²) >= 11 is 0. The van der Waals surface area contributed by atoms with Gasteiger partial charge in [0.15, 0.2) is 5.82 Å². The highest BCUT2D eigenvalue weighted by Gasteiger charge is 2.38. The number of piperidine rings is 1. The summed E-state index contributed by atoms with van der Waals surface area (Å²) in [5.41, 5.74) is 4.60. The van der Waals surface area contributed by atoms with E-state index in [2.05, 4.69) is 31.6 Å².